The Labute approximate surface area is 107 Å². The summed E-state index contributed by atoms with van der Waals surface area (Å²) in [7, 11) is 0. The van der Waals surface area contributed by atoms with Crippen LogP contribution in [-0.2, 0) is 6.54 Å². The van der Waals surface area contributed by atoms with Gasteiger partial charge in [0.2, 0.25) is 0 Å². The molecule has 1 atom stereocenters. The van der Waals surface area contributed by atoms with Crippen molar-refractivity contribution in [2.45, 2.75) is 38.8 Å². The van der Waals surface area contributed by atoms with Crippen LogP contribution in [0.2, 0.25) is 0 Å². The van der Waals surface area contributed by atoms with E-state index in [-0.39, 0.29) is 0 Å². The zero-order chi connectivity index (χ0) is 12.4. The molecular weight excluding hydrogens is 226 g/mol. The van der Waals surface area contributed by atoms with Crippen molar-refractivity contribution >= 4 is 0 Å². The molecule has 2 aromatic heterocycles. The highest BCUT2D eigenvalue weighted by Crippen LogP contribution is 2.24. The highest BCUT2D eigenvalue weighted by molar-refractivity contribution is 5.25. The molecule has 1 aliphatic heterocycles. The maximum atomic E-state index is 4.54. The Morgan fingerprint density at radius 1 is 1.44 bits per heavy atom. The highest BCUT2D eigenvalue weighted by atomic mass is 15.3. The van der Waals surface area contributed by atoms with E-state index in [0.717, 1.165) is 18.9 Å². The third kappa shape index (κ3) is 2.06. The molecule has 1 unspecified atom stereocenters. The first-order chi connectivity index (χ1) is 8.88. The van der Waals surface area contributed by atoms with Crippen molar-refractivity contribution in [3.63, 3.8) is 0 Å². The van der Waals surface area contributed by atoms with Gasteiger partial charge < -0.3 is 5.32 Å². The molecule has 0 aromatic carbocycles. The molecule has 0 saturated carbocycles. The van der Waals surface area contributed by atoms with Crippen molar-refractivity contribution in [1.82, 2.24) is 24.6 Å². The van der Waals surface area contributed by atoms with Crippen molar-refractivity contribution in [2.75, 3.05) is 6.54 Å². The smallest absolute Gasteiger partial charge is 0.160 e. The van der Waals surface area contributed by atoms with E-state index in [9.17, 15) is 0 Å². The summed E-state index contributed by atoms with van der Waals surface area (Å²) in [6.45, 7) is 4.08. The van der Waals surface area contributed by atoms with Crippen molar-refractivity contribution in [3.8, 4) is 5.82 Å². The predicted octanol–water partition coefficient (Wildman–Crippen LogP) is 1.90. The number of hydrogen-bond donors (Lipinski definition) is 1. The Balaban J connectivity index is 1.90. The van der Waals surface area contributed by atoms with Gasteiger partial charge in [0, 0.05) is 24.8 Å². The van der Waals surface area contributed by atoms with Crippen molar-refractivity contribution in [2.24, 2.45) is 0 Å². The fourth-order valence-corrected chi connectivity index (χ4v) is 2.51. The molecule has 5 nitrogen and oxygen atoms in total. The average molecular weight is 245 g/mol. The first kappa shape index (κ1) is 11.5. The monoisotopic (exact) mass is 245 g/mol. The van der Waals surface area contributed by atoms with Gasteiger partial charge in [0.05, 0.1) is 11.9 Å². The lowest BCUT2D eigenvalue weighted by atomic mass is 10.0. The minimum atomic E-state index is 0.410. The lowest BCUT2D eigenvalue weighted by Gasteiger charge is -2.23. The van der Waals surface area contributed by atoms with Crippen LogP contribution in [0.5, 0.6) is 0 Å². The maximum Gasteiger partial charge on any atom is 0.160 e. The summed E-state index contributed by atoms with van der Waals surface area (Å²) in [5.74, 6) is 0.955. The van der Waals surface area contributed by atoms with E-state index in [4.69, 9.17) is 0 Å². The summed E-state index contributed by atoms with van der Waals surface area (Å²) in [6, 6.07) is 2.45. The SMILES string of the molecule is CCn1ccc(-n2cncc2C2CCCCN2)n1. The summed E-state index contributed by atoms with van der Waals surface area (Å²) in [5, 5.41) is 8.10. The lowest BCUT2D eigenvalue weighted by Crippen LogP contribution is -2.28. The molecule has 3 heterocycles. The normalized spacial score (nSPS) is 20.2. The van der Waals surface area contributed by atoms with E-state index < -0.39 is 0 Å². The lowest BCUT2D eigenvalue weighted by molar-refractivity contribution is 0.401. The summed E-state index contributed by atoms with van der Waals surface area (Å²) in [6.07, 6.45) is 9.55. The number of aryl methyl sites for hydroxylation is 1. The molecule has 3 rings (SSSR count). The van der Waals surface area contributed by atoms with E-state index >= 15 is 0 Å². The van der Waals surface area contributed by atoms with E-state index in [1.807, 2.05) is 29.5 Å². The van der Waals surface area contributed by atoms with Crippen LogP contribution in [0.15, 0.2) is 24.8 Å². The Hall–Kier alpha value is -1.62. The van der Waals surface area contributed by atoms with Crippen molar-refractivity contribution < 1.29 is 0 Å². The predicted molar refractivity (Wildman–Crippen MR) is 69.6 cm³/mol. The van der Waals surface area contributed by atoms with Crippen LogP contribution in [-0.4, -0.2) is 25.9 Å². The topological polar surface area (TPSA) is 47.7 Å². The van der Waals surface area contributed by atoms with E-state index in [0.29, 0.717) is 6.04 Å². The van der Waals surface area contributed by atoms with Crippen molar-refractivity contribution in [1.29, 1.82) is 0 Å². The number of nitrogens with zero attached hydrogens (tertiary/aromatic N) is 4. The molecule has 5 heteroatoms. The number of aromatic nitrogens is 4. The molecule has 1 aliphatic rings. The van der Waals surface area contributed by atoms with Crippen LogP contribution in [0.1, 0.15) is 37.9 Å². The van der Waals surface area contributed by atoms with Gasteiger partial charge in [-0.1, -0.05) is 6.42 Å². The van der Waals surface area contributed by atoms with Crippen LogP contribution >= 0.6 is 0 Å². The van der Waals surface area contributed by atoms with E-state index in [2.05, 4.69) is 26.9 Å². The summed E-state index contributed by atoms with van der Waals surface area (Å²) in [5.41, 5.74) is 1.22. The fourth-order valence-electron chi connectivity index (χ4n) is 2.51. The zero-order valence-corrected chi connectivity index (χ0v) is 10.7. The molecular formula is C13H19N5. The number of hydrogen-bond acceptors (Lipinski definition) is 3. The van der Waals surface area contributed by atoms with Crippen LogP contribution < -0.4 is 5.32 Å². The fraction of sp³-hybridized carbons (Fsp3) is 0.538. The van der Waals surface area contributed by atoms with Crippen LogP contribution in [0.25, 0.3) is 5.82 Å². The second-order valence-corrected chi connectivity index (χ2v) is 4.72. The second kappa shape index (κ2) is 4.94. The Kier molecular flexibility index (Phi) is 3.15. The molecule has 0 amide bonds. The minimum absolute atomic E-state index is 0.410. The molecule has 1 fully saturated rings. The van der Waals surface area contributed by atoms with Crippen LogP contribution in [0, 0.1) is 0 Å². The molecule has 1 N–H and O–H groups in total. The average Bonchev–Trinajstić information content (AvgIpc) is 3.08. The minimum Gasteiger partial charge on any atom is -0.309 e. The maximum absolute atomic E-state index is 4.54. The van der Waals surface area contributed by atoms with E-state index in [1.165, 1.54) is 25.0 Å². The largest absolute Gasteiger partial charge is 0.309 e. The van der Waals surface area contributed by atoms with Gasteiger partial charge in [0.1, 0.15) is 6.33 Å². The summed E-state index contributed by atoms with van der Waals surface area (Å²) < 4.78 is 4.03. The molecule has 0 radical (unpaired) electrons. The summed E-state index contributed by atoms with van der Waals surface area (Å²) >= 11 is 0. The summed E-state index contributed by atoms with van der Waals surface area (Å²) in [4.78, 5) is 4.28. The molecule has 1 saturated heterocycles. The van der Waals surface area contributed by atoms with E-state index in [1.54, 1.807) is 0 Å². The molecule has 96 valence electrons. The second-order valence-electron chi connectivity index (χ2n) is 4.72. The third-order valence-electron chi connectivity index (χ3n) is 3.53. The van der Waals surface area contributed by atoms with Gasteiger partial charge in [-0.05, 0) is 26.3 Å². The molecule has 18 heavy (non-hydrogen) atoms. The number of imidazole rings is 1. The quantitative estimate of drug-likeness (QED) is 0.898. The molecule has 0 spiro atoms. The Morgan fingerprint density at radius 2 is 2.39 bits per heavy atom. The van der Waals surface area contributed by atoms with Gasteiger partial charge in [0.15, 0.2) is 5.82 Å². The Morgan fingerprint density at radius 3 is 3.11 bits per heavy atom. The number of rotatable bonds is 3. The van der Waals surface area contributed by atoms with Gasteiger partial charge in [-0.15, -0.1) is 0 Å². The number of piperidine rings is 1. The van der Waals surface area contributed by atoms with Crippen molar-refractivity contribution in [3.05, 3.63) is 30.5 Å². The Bertz CT molecular complexity index is 507. The van der Waals surface area contributed by atoms with Crippen LogP contribution in [0.3, 0.4) is 0 Å². The highest BCUT2D eigenvalue weighted by Gasteiger charge is 2.19. The first-order valence-electron chi connectivity index (χ1n) is 6.68. The van der Waals surface area contributed by atoms with Crippen LogP contribution in [0.4, 0.5) is 0 Å². The van der Waals surface area contributed by atoms with Gasteiger partial charge in [0.25, 0.3) is 0 Å². The number of nitrogens with one attached hydrogen (secondary N) is 1. The molecule has 0 aliphatic carbocycles. The third-order valence-corrected chi connectivity index (χ3v) is 3.53. The van der Waals surface area contributed by atoms with Gasteiger partial charge >= 0.3 is 0 Å². The zero-order valence-electron chi connectivity index (χ0n) is 10.7. The first-order valence-corrected chi connectivity index (χ1v) is 6.68. The standard InChI is InChI=1S/C13H19N5/c1-2-17-8-6-13(16-17)18-10-14-9-12(18)11-5-3-4-7-15-11/h6,8-11,15H,2-5,7H2,1H3. The van der Waals surface area contributed by atoms with Gasteiger partial charge in [-0.25, -0.2) is 4.98 Å². The molecule has 2 aromatic rings. The molecule has 0 bridgehead atoms. The van der Waals surface area contributed by atoms with Gasteiger partial charge in [-0.2, -0.15) is 5.10 Å². The van der Waals surface area contributed by atoms with Gasteiger partial charge in [-0.3, -0.25) is 9.25 Å².